The number of benzene rings is 1. The standard InChI is InChI=1S/C14H19ClO2/c1-17-13-4-2-3-9-14(13,16)10-11-5-7-12(15)8-6-11/h5-8,13,16H,2-4,9-10H2,1H3. The van der Waals surface area contributed by atoms with E-state index in [1.54, 1.807) is 7.11 Å². The second-order valence-electron chi connectivity index (χ2n) is 4.88. The highest BCUT2D eigenvalue weighted by Gasteiger charge is 2.39. The molecule has 1 aromatic carbocycles. The van der Waals surface area contributed by atoms with Gasteiger partial charge in [0, 0.05) is 18.6 Å². The van der Waals surface area contributed by atoms with Gasteiger partial charge in [-0.25, -0.2) is 0 Å². The molecule has 2 unspecified atom stereocenters. The first kappa shape index (κ1) is 12.9. The second kappa shape index (κ2) is 5.38. The molecule has 0 spiro atoms. The van der Waals surface area contributed by atoms with Crippen molar-refractivity contribution in [2.75, 3.05) is 7.11 Å². The molecule has 1 fully saturated rings. The third-order valence-electron chi connectivity index (χ3n) is 3.63. The third kappa shape index (κ3) is 3.01. The summed E-state index contributed by atoms with van der Waals surface area (Å²) in [4.78, 5) is 0. The normalized spacial score (nSPS) is 29.2. The Kier molecular flexibility index (Phi) is 4.08. The SMILES string of the molecule is COC1CCCCC1(O)Cc1ccc(Cl)cc1. The Hall–Kier alpha value is -0.570. The van der Waals surface area contributed by atoms with Crippen molar-refractivity contribution in [1.82, 2.24) is 0 Å². The van der Waals surface area contributed by atoms with E-state index in [1.807, 2.05) is 24.3 Å². The number of hydrogen-bond acceptors (Lipinski definition) is 2. The van der Waals surface area contributed by atoms with Crippen LogP contribution >= 0.6 is 11.6 Å². The Morgan fingerprint density at radius 3 is 2.71 bits per heavy atom. The number of aliphatic hydroxyl groups is 1. The highest BCUT2D eigenvalue weighted by atomic mass is 35.5. The average molecular weight is 255 g/mol. The van der Waals surface area contributed by atoms with Crippen molar-refractivity contribution in [3.8, 4) is 0 Å². The van der Waals surface area contributed by atoms with Crippen molar-refractivity contribution >= 4 is 11.6 Å². The predicted molar refractivity (Wildman–Crippen MR) is 69.4 cm³/mol. The number of halogens is 1. The molecule has 0 amide bonds. The molecule has 1 aromatic rings. The summed E-state index contributed by atoms with van der Waals surface area (Å²) in [5.41, 5.74) is 0.390. The van der Waals surface area contributed by atoms with Crippen LogP contribution in [0.3, 0.4) is 0 Å². The molecule has 1 saturated carbocycles. The fraction of sp³-hybridized carbons (Fsp3) is 0.571. The quantitative estimate of drug-likeness (QED) is 0.898. The fourth-order valence-corrected chi connectivity index (χ4v) is 2.81. The van der Waals surface area contributed by atoms with Crippen LogP contribution in [-0.4, -0.2) is 23.9 Å². The Morgan fingerprint density at radius 2 is 2.06 bits per heavy atom. The van der Waals surface area contributed by atoms with E-state index in [0.29, 0.717) is 6.42 Å². The first-order valence-electron chi connectivity index (χ1n) is 6.14. The van der Waals surface area contributed by atoms with Gasteiger partial charge in [0.25, 0.3) is 0 Å². The van der Waals surface area contributed by atoms with Gasteiger partial charge in [-0.3, -0.25) is 0 Å². The maximum atomic E-state index is 10.7. The summed E-state index contributed by atoms with van der Waals surface area (Å²) >= 11 is 5.86. The summed E-state index contributed by atoms with van der Waals surface area (Å²) in [6.07, 6.45) is 4.56. The maximum absolute atomic E-state index is 10.7. The van der Waals surface area contributed by atoms with E-state index in [4.69, 9.17) is 16.3 Å². The van der Waals surface area contributed by atoms with Crippen LogP contribution in [0.25, 0.3) is 0 Å². The summed E-state index contributed by atoms with van der Waals surface area (Å²) in [6, 6.07) is 7.68. The van der Waals surface area contributed by atoms with Gasteiger partial charge in [-0.1, -0.05) is 36.6 Å². The number of ether oxygens (including phenoxy) is 1. The van der Waals surface area contributed by atoms with Crippen molar-refractivity contribution in [3.05, 3.63) is 34.9 Å². The topological polar surface area (TPSA) is 29.5 Å². The van der Waals surface area contributed by atoms with E-state index in [9.17, 15) is 5.11 Å². The molecule has 2 rings (SSSR count). The summed E-state index contributed by atoms with van der Waals surface area (Å²) in [6.45, 7) is 0. The van der Waals surface area contributed by atoms with Gasteiger partial charge in [-0.05, 0) is 30.5 Å². The number of hydrogen-bond donors (Lipinski definition) is 1. The molecule has 1 aliphatic carbocycles. The zero-order valence-electron chi connectivity index (χ0n) is 10.2. The van der Waals surface area contributed by atoms with Crippen LogP contribution in [-0.2, 0) is 11.2 Å². The molecule has 3 heteroatoms. The lowest BCUT2D eigenvalue weighted by Gasteiger charge is -2.39. The van der Waals surface area contributed by atoms with E-state index in [0.717, 1.165) is 36.3 Å². The maximum Gasteiger partial charge on any atom is 0.0948 e. The predicted octanol–water partition coefficient (Wildman–Crippen LogP) is 3.20. The molecule has 1 aliphatic rings. The van der Waals surface area contributed by atoms with E-state index in [-0.39, 0.29) is 6.10 Å². The molecule has 2 nitrogen and oxygen atoms in total. The Balaban J connectivity index is 2.11. The van der Waals surface area contributed by atoms with Crippen LogP contribution in [0.1, 0.15) is 31.2 Å². The molecule has 0 aliphatic heterocycles. The Labute approximate surface area is 108 Å². The number of methoxy groups -OCH3 is 1. The molecule has 2 atom stereocenters. The van der Waals surface area contributed by atoms with Crippen LogP contribution in [0, 0.1) is 0 Å². The van der Waals surface area contributed by atoms with Crippen LogP contribution in [0.2, 0.25) is 5.02 Å². The van der Waals surface area contributed by atoms with Gasteiger partial charge >= 0.3 is 0 Å². The lowest BCUT2D eigenvalue weighted by atomic mass is 9.78. The van der Waals surface area contributed by atoms with Gasteiger partial charge in [0.05, 0.1) is 11.7 Å². The van der Waals surface area contributed by atoms with E-state index < -0.39 is 5.60 Å². The molecular formula is C14H19ClO2. The van der Waals surface area contributed by atoms with Crippen LogP contribution in [0.15, 0.2) is 24.3 Å². The van der Waals surface area contributed by atoms with E-state index in [2.05, 4.69) is 0 Å². The van der Waals surface area contributed by atoms with Crippen molar-refractivity contribution in [3.63, 3.8) is 0 Å². The summed E-state index contributed by atoms with van der Waals surface area (Å²) in [5, 5.41) is 11.4. The molecular weight excluding hydrogens is 236 g/mol. The molecule has 0 aromatic heterocycles. The summed E-state index contributed by atoms with van der Waals surface area (Å²) < 4.78 is 5.43. The zero-order valence-corrected chi connectivity index (χ0v) is 10.9. The highest BCUT2D eigenvalue weighted by Crippen LogP contribution is 2.33. The summed E-state index contributed by atoms with van der Waals surface area (Å²) in [7, 11) is 1.68. The Morgan fingerprint density at radius 1 is 1.35 bits per heavy atom. The van der Waals surface area contributed by atoms with Gasteiger partial charge < -0.3 is 9.84 Å². The van der Waals surface area contributed by atoms with Gasteiger partial charge in [0.2, 0.25) is 0 Å². The Bertz CT molecular complexity index is 363. The molecule has 0 bridgehead atoms. The molecule has 17 heavy (non-hydrogen) atoms. The van der Waals surface area contributed by atoms with Gasteiger partial charge in [-0.15, -0.1) is 0 Å². The van der Waals surface area contributed by atoms with E-state index in [1.165, 1.54) is 0 Å². The first-order valence-corrected chi connectivity index (χ1v) is 6.51. The van der Waals surface area contributed by atoms with Crippen molar-refractivity contribution in [2.45, 2.75) is 43.8 Å². The summed E-state index contributed by atoms with van der Waals surface area (Å²) in [5.74, 6) is 0. The van der Waals surface area contributed by atoms with E-state index >= 15 is 0 Å². The monoisotopic (exact) mass is 254 g/mol. The molecule has 0 saturated heterocycles. The van der Waals surface area contributed by atoms with Crippen molar-refractivity contribution in [1.29, 1.82) is 0 Å². The molecule has 0 radical (unpaired) electrons. The minimum absolute atomic E-state index is 0.0491. The van der Waals surface area contributed by atoms with Gasteiger partial charge in [0.15, 0.2) is 0 Å². The number of rotatable bonds is 3. The lowest BCUT2D eigenvalue weighted by Crippen LogP contribution is -2.47. The molecule has 1 N–H and O–H groups in total. The highest BCUT2D eigenvalue weighted by molar-refractivity contribution is 6.30. The first-order chi connectivity index (χ1) is 8.14. The molecule has 94 valence electrons. The van der Waals surface area contributed by atoms with Crippen molar-refractivity contribution < 1.29 is 9.84 Å². The minimum Gasteiger partial charge on any atom is -0.387 e. The largest absolute Gasteiger partial charge is 0.387 e. The fourth-order valence-electron chi connectivity index (χ4n) is 2.69. The molecule has 0 heterocycles. The minimum atomic E-state index is -0.721. The third-order valence-corrected chi connectivity index (χ3v) is 3.89. The van der Waals surface area contributed by atoms with Crippen LogP contribution in [0.5, 0.6) is 0 Å². The van der Waals surface area contributed by atoms with Crippen molar-refractivity contribution in [2.24, 2.45) is 0 Å². The lowest BCUT2D eigenvalue weighted by molar-refractivity contribution is -0.116. The van der Waals surface area contributed by atoms with Gasteiger partial charge in [-0.2, -0.15) is 0 Å². The van der Waals surface area contributed by atoms with Crippen LogP contribution < -0.4 is 0 Å². The average Bonchev–Trinajstić information content (AvgIpc) is 2.32. The second-order valence-corrected chi connectivity index (χ2v) is 5.31. The van der Waals surface area contributed by atoms with Crippen LogP contribution in [0.4, 0.5) is 0 Å². The zero-order chi connectivity index (χ0) is 12.3. The van der Waals surface area contributed by atoms with Gasteiger partial charge in [0.1, 0.15) is 0 Å². The smallest absolute Gasteiger partial charge is 0.0948 e.